The number of piperidine rings is 1. The zero-order chi connectivity index (χ0) is 21.3. The zero-order valence-electron chi connectivity index (χ0n) is 17.4. The highest BCUT2D eigenvalue weighted by molar-refractivity contribution is 8.00. The van der Waals surface area contributed by atoms with Crippen LogP contribution in [0.2, 0.25) is 0 Å². The van der Waals surface area contributed by atoms with Crippen molar-refractivity contribution in [1.82, 2.24) is 15.2 Å². The number of likely N-dealkylation sites (tertiary alicyclic amines) is 1. The number of thioether (sulfide) groups is 1. The van der Waals surface area contributed by atoms with Gasteiger partial charge in [-0.05, 0) is 63.1 Å². The van der Waals surface area contributed by atoms with Crippen molar-refractivity contribution >= 4 is 36.1 Å². The molecule has 2 aromatic rings. The first-order valence-corrected chi connectivity index (χ1v) is 11.4. The summed E-state index contributed by atoms with van der Waals surface area (Å²) in [5.74, 6) is 0.677. The van der Waals surface area contributed by atoms with Crippen LogP contribution in [0, 0.1) is 5.82 Å². The summed E-state index contributed by atoms with van der Waals surface area (Å²) in [6, 6.07) is 4.77. The van der Waals surface area contributed by atoms with Crippen LogP contribution in [0.15, 0.2) is 40.1 Å². The van der Waals surface area contributed by atoms with Crippen molar-refractivity contribution in [2.45, 2.75) is 37.6 Å². The Kier molecular flexibility index (Phi) is 8.62. The van der Waals surface area contributed by atoms with E-state index in [0.717, 1.165) is 53.2 Å². The predicted octanol–water partition coefficient (Wildman–Crippen LogP) is 3.64. The summed E-state index contributed by atoms with van der Waals surface area (Å²) in [5.41, 5.74) is 9.59. The largest absolute Gasteiger partial charge is 0.358 e. The van der Waals surface area contributed by atoms with Crippen LogP contribution >= 0.6 is 11.8 Å². The number of rotatable bonds is 11. The summed E-state index contributed by atoms with van der Waals surface area (Å²) in [6.07, 6.45) is 6.25. The maximum Gasteiger partial charge on any atom is 0.125 e. The van der Waals surface area contributed by atoms with Crippen molar-refractivity contribution in [3.8, 4) is 0 Å². The van der Waals surface area contributed by atoms with E-state index < -0.39 is 0 Å². The molecule has 30 heavy (non-hydrogen) atoms. The number of aromatic nitrogens is 1. The summed E-state index contributed by atoms with van der Waals surface area (Å²) < 4.78 is 13.6. The van der Waals surface area contributed by atoms with E-state index in [1.165, 1.54) is 31.4 Å². The SMILES string of the molecule is C=N/C=C(/N=C)C(NCCc1[nH]c2cc(F)ccc2c1CN)SCN1CCCCC1. The van der Waals surface area contributed by atoms with Gasteiger partial charge in [-0.1, -0.05) is 6.42 Å². The number of nitrogens with zero attached hydrogens (tertiary/aromatic N) is 3. The molecule has 2 heterocycles. The van der Waals surface area contributed by atoms with Crippen molar-refractivity contribution < 1.29 is 4.39 Å². The number of H-pyrrole nitrogens is 1. The minimum atomic E-state index is -0.255. The molecule has 162 valence electrons. The molecule has 1 aromatic carbocycles. The Morgan fingerprint density at radius 3 is 2.83 bits per heavy atom. The molecule has 0 radical (unpaired) electrons. The molecule has 1 unspecified atom stereocenters. The quantitative estimate of drug-likeness (QED) is 0.375. The number of hydrogen-bond acceptors (Lipinski definition) is 6. The normalized spacial score (nSPS) is 16.7. The number of benzene rings is 1. The van der Waals surface area contributed by atoms with Crippen LogP contribution in [0.3, 0.4) is 0 Å². The second kappa shape index (κ2) is 11.4. The number of nitrogens with two attached hydrogens (primary N) is 1. The molecule has 8 heteroatoms. The number of halogens is 1. The highest BCUT2D eigenvalue weighted by atomic mass is 32.2. The lowest BCUT2D eigenvalue weighted by molar-refractivity contribution is 0.266. The highest BCUT2D eigenvalue weighted by Crippen LogP contribution is 2.24. The van der Waals surface area contributed by atoms with Gasteiger partial charge < -0.3 is 10.7 Å². The second-order valence-corrected chi connectivity index (χ2v) is 8.49. The van der Waals surface area contributed by atoms with Gasteiger partial charge >= 0.3 is 0 Å². The number of nitrogens with one attached hydrogen (secondary N) is 2. The molecule has 0 saturated carbocycles. The lowest BCUT2D eigenvalue weighted by Gasteiger charge is -2.28. The van der Waals surface area contributed by atoms with Crippen LogP contribution in [0.4, 0.5) is 4.39 Å². The number of fused-ring (bicyclic) bond motifs is 1. The third kappa shape index (κ3) is 5.78. The minimum Gasteiger partial charge on any atom is -0.358 e. The van der Waals surface area contributed by atoms with Crippen molar-refractivity contribution in [1.29, 1.82) is 0 Å². The molecule has 4 N–H and O–H groups in total. The van der Waals surface area contributed by atoms with Gasteiger partial charge in [-0.3, -0.25) is 20.2 Å². The van der Waals surface area contributed by atoms with Gasteiger partial charge in [-0.15, -0.1) is 11.8 Å². The maximum atomic E-state index is 13.6. The topological polar surface area (TPSA) is 81.8 Å². The van der Waals surface area contributed by atoms with E-state index in [9.17, 15) is 4.39 Å². The van der Waals surface area contributed by atoms with Gasteiger partial charge in [0.2, 0.25) is 0 Å². The van der Waals surface area contributed by atoms with Crippen LogP contribution < -0.4 is 11.1 Å². The van der Waals surface area contributed by atoms with Crippen molar-refractivity contribution in [2.24, 2.45) is 15.7 Å². The van der Waals surface area contributed by atoms with E-state index in [1.54, 1.807) is 24.0 Å². The molecule has 0 bridgehead atoms. The zero-order valence-corrected chi connectivity index (χ0v) is 18.2. The van der Waals surface area contributed by atoms with E-state index in [4.69, 9.17) is 5.73 Å². The molecule has 0 amide bonds. The molecule has 3 rings (SSSR count). The lowest BCUT2D eigenvalue weighted by Crippen LogP contribution is -2.34. The van der Waals surface area contributed by atoms with Crippen LogP contribution in [0.25, 0.3) is 10.9 Å². The lowest BCUT2D eigenvalue weighted by atomic mass is 10.1. The molecule has 6 nitrogen and oxygen atoms in total. The summed E-state index contributed by atoms with van der Waals surface area (Å²) >= 11 is 1.79. The number of aliphatic imine (C=N–C) groups is 2. The smallest absolute Gasteiger partial charge is 0.125 e. The van der Waals surface area contributed by atoms with Crippen molar-refractivity contribution in [3.05, 3.63) is 47.2 Å². The average molecular weight is 431 g/mol. The fourth-order valence-corrected chi connectivity index (χ4v) is 5.02. The Bertz CT molecular complexity index is 887. The van der Waals surface area contributed by atoms with Gasteiger partial charge in [-0.25, -0.2) is 4.39 Å². The Morgan fingerprint density at radius 2 is 2.13 bits per heavy atom. The van der Waals surface area contributed by atoms with E-state index in [0.29, 0.717) is 13.1 Å². The Hall–Kier alpha value is -2.00. The third-order valence-corrected chi connectivity index (χ3v) is 6.67. The standard InChI is InChI=1S/C22H31FN6S/c1-25-14-21(26-2)22(30-15-29-10-4-3-5-11-29)27-9-8-19-18(13-24)17-7-6-16(23)12-20(17)28-19/h6-7,12,14,22,27-28H,1-5,8-11,13,15,24H2/b21-14+. The first-order valence-electron chi connectivity index (χ1n) is 10.3. The summed E-state index contributed by atoms with van der Waals surface area (Å²) in [7, 11) is 0. The van der Waals surface area contributed by atoms with Crippen LogP contribution in [-0.4, -0.2) is 54.2 Å². The molecule has 1 aromatic heterocycles. The van der Waals surface area contributed by atoms with Gasteiger partial charge in [-0.2, -0.15) is 0 Å². The predicted molar refractivity (Wildman–Crippen MR) is 127 cm³/mol. The number of hydrogen-bond donors (Lipinski definition) is 3. The van der Waals surface area contributed by atoms with Gasteiger partial charge in [0.15, 0.2) is 0 Å². The summed E-state index contributed by atoms with van der Waals surface area (Å²) in [5, 5.41) is 4.51. The van der Waals surface area contributed by atoms with Crippen molar-refractivity contribution in [3.63, 3.8) is 0 Å². The summed E-state index contributed by atoms with van der Waals surface area (Å²) in [6.45, 7) is 10.7. The van der Waals surface area contributed by atoms with Crippen molar-refractivity contribution in [2.75, 3.05) is 25.5 Å². The first-order chi connectivity index (χ1) is 14.7. The van der Waals surface area contributed by atoms with Crippen LogP contribution in [-0.2, 0) is 13.0 Å². The van der Waals surface area contributed by atoms with E-state index in [1.807, 2.05) is 0 Å². The molecular weight excluding hydrogens is 399 g/mol. The van der Waals surface area contributed by atoms with Gasteiger partial charge in [0.25, 0.3) is 0 Å². The molecule has 0 spiro atoms. The second-order valence-electron chi connectivity index (χ2n) is 7.43. The van der Waals surface area contributed by atoms with E-state index in [2.05, 4.69) is 38.6 Å². The fraction of sp³-hybridized carbons (Fsp3) is 0.455. The summed E-state index contributed by atoms with van der Waals surface area (Å²) in [4.78, 5) is 13.8. The Labute approximate surface area is 181 Å². The minimum absolute atomic E-state index is 0.0296. The third-order valence-electron chi connectivity index (χ3n) is 5.41. The maximum absolute atomic E-state index is 13.6. The molecular formula is C22H31FN6S. The molecule has 1 saturated heterocycles. The van der Waals surface area contributed by atoms with Gasteiger partial charge in [0.1, 0.15) is 5.82 Å². The Balaban J connectivity index is 1.65. The average Bonchev–Trinajstić information content (AvgIpc) is 3.11. The van der Waals surface area contributed by atoms with Gasteiger partial charge in [0.05, 0.1) is 17.3 Å². The highest BCUT2D eigenvalue weighted by Gasteiger charge is 2.18. The van der Waals surface area contributed by atoms with E-state index in [-0.39, 0.29) is 11.2 Å². The fourth-order valence-electron chi connectivity index (χ4n) is 3.86. The number of aromatic amines is 1. The molecule has 1 fully saturated rings. The van der Waals surface area contributed by atoms with E-state index >= 15 is 0 Å². The molecule has 0 aliphatic carbocycles. The Morgan fingerprint density at radius 1 is 1.33 bits per heavy atom. The van der Waals surface area contributed by atoms with Crippen LogP contribution in [0.1, 0.15) is 30.5 Å². The molecule has 1 aliphatic heterocycles. The molecule has 1 aliphatic rings. The van der Waals surface area contributed by atoms with Gasteiger partial charge in [0, 0.05) is 42.0 Å². The monoisotopic (exact) mass is 430 g/mol. The molecule has 1 atom stereocenters. The first kappa shape index (κ1) is 22.7. The van der Waals surface area contributed by atoms with Crippen LogP contribution in [0.5, 0.6) is 0 Å².